The maximum Gasteiger partial charge on any atom is 0.319 e. The molecule has 4 nitrogen and oxygen atoms in total. The van der Waals surface area contributed by atoms with E-state index in [0.29, 0.717) is 11.7 Å². The van der Waals surface area contributed by atoms with Gasteiger partial charge in [0.15, 0.2) is 0 Å². The first-order valence-electron chi connectivity index (χ1n) is 7.74. The van der Waals surface area contributed by atoms with Gasteiger partial charge in [-0.2, -0.15) is 0 Å². The van der Waals surface area contributed by atoms with Gasteiger partial charge in [0.2, 0.25) is 0 Å². The number of amides is 2. The van der Waals surface area contributed by atoms with Crippen molar-refractivity contribution in [3.05, 3.63) is 30.1 Å². The van der Waals surface area contributed by atoms with Crippen LogP contribution in [-0.4, -0.2) is 24.7 Å². The molecular weight excluding hydrogens is 269 g/mol. The summed E-state index contributed by atoms with van der Waals surface area (Å²) in [5.74, 6) is -0.352. The number of carbonyl (C=O) groups excluding carboxylic acids is 1. The van der Waals surface area contributed by atoms with Crippen molar-refractivity contribution in [3.63, 3.8) is 0 Å². The monoisotopic (exact) mass is 293 g/mol. The molecule has 0 bridgehead atoms. The average Bonchev–Trinajstić information content (AvgIpc) is 2.46. The Kier molecular flexibility index (Phi) is 5.99. The Balaban J connectivity index is 1.72. The highest BCUT2D eigenvalue weighted by Gasteiger charge is 2.21. The van der Waals surface area contributed by atoms with Gasteiger partial charge in [-0.1, -0.05) is 13.0 Å². The van der Waals surface area contributed by atoms with Gasteiger partial charge >= 0.3 is 6.03 Å². The van der Waals surface area contributed by atoms with Crippen LogP contribution in [0, 0.1) is 5.82 Å². The highest BCUT2D eigenvalue weighted by atomic mass is 19.1. The molecule has 5 heteroatoms. The normalized spacial score (nSPS) is 21.8. The molecule has 2 amide bonds. The minimum Gasteiger partial charge on any atom is -0.335 e. The Morgan fingerprint density at radius 1 is 1.24 bits per heavy atom. The molecule has 0 atom stereocenters. The number of hydrogen-bond donors (Lipinski definition) is 3. The van der Waals surface area contributed by atoms with Crippen molar-refractivity contribution in [2.45, 2.75) is 51.1 Å². The number of anilines is 1. The quantitative estimate of drug-likeness (QED) is 0.780. The molecule has 1 saturated carbocycles. The van der Waals surface area contributed by atoms with E-state index < -0.39 is 0 Å². The minimum atomic E-state index is -0.352. The molecule has 0 aliphatic heterocycles. The number of urea groups is 1. The maximum atomic E-state index is 13.0. The van der Waals surface area contributed by atoms with Gasteiger partial charge in [0.25, 0.3) is 0 Å². The van der Waals surface area contributed by atoms with Gasteiger partial charge in [-0.25, -0.2) is 9.18 Å². The van der Waals surface area contributed by atoms with Crippen LogP contribution >= 0.6 is 0 Å². The second kappa shape index (κ2) is 7.98. The fraction of sp³-hybridized carbons (Fsp3) is 0.562. The second-order valence-corrected chi connectivity index (χ2v) is 5.61. The SMILES string of the molecule is CCCNC1CCC(NC(=O)Nc2cccc(F)c2)CC1. The number of rotatable bonds is 5. The molecule has 3 N–H and O–H groups in total. The van der Waals surface area contributed by atoms with Crippen LogP contribution in [-0.2, 0) is 0 Å². The van der Waals surface area contributed by atoms with Gasteiger partial charge in [-0.3, -0.25) is 0 Å². The van der Waals surface area contributed by atoms with E-state index in [1.165, 1.54) is 12.1 Å². The maximum absolute atomic E-state index is 13.0. The molecule has 2 rings (SSSR count). The summed E-state index contributed by atoms with van der Waals surface area (Å²) >= 11 is 0. The third-order valence-electron chi connectivity index (χ3n) is 3.83. The van der Waals surface area contributed by atoms with E-state index >= 15 is 0 Å². The smallest absolute Gasteiger partial charge is 0.319 e. The molecule has 0 spiro atoms. The summed E-state index contributed by atoms with van der Waals surface area (Å²) < 4.78 is 13.0. The highest BCUT2D eigenvalue weighted by molar-refractivity contribution is 5.89. The molecule has 116 valence electrons. The van der Waals surface area contributed by atoms with E-state index in [4.69, 9.17) is 0 Å². The topological polar surface area (TPSA) is 53.2 Å². The van der Waals surface area contributed by atoms with E-state index in [9.17, 15) is 9.18 Å². The molecule has 1 fully saturated rings. The molecule has 0 radical (unpaired) electrons. The van der Waals surface area contributed by atoms with E-state index in [-0.39, 0.29) is 17.9 Å². The summed E-state index contributed by atoms with van der Waals surface area (Å²) in [5, 5.41) is 9.15. The standard InChI is InChI=1S/C16H24FN3O/c1-2-10-18-13-6-8-14(9-7-13)19-16(21)20-15-5-3-4-12(17)11-15/h3-5,11,13-14,18H,2,6-10H2,1H3,(H2,19,20,21). The highest BCUT2D eigenvalue weighted by Crippen LogP contribution is 2.19. The first-order valence-corrected chi connectivity index (χ1v) is 7.74. The van der Waals surface area contributed by atoms with E-state index in [1.807, 2.05) is 0 Å². The van der Waals surface area contributed by atoms with E-state index in [1.54, 1.807) is 12.1 Å². The van der Waals surface area contributed by atoms with E-state index in [2.05, 4.69) is 22.9 Å². The lowest BCUT2D eigenvalue weighted by atomic mass is 9.91. The summed E-state index contributed by atoms with van der Waals surface area (Å²) in [7, 11) is 0. The lowest BCUT2D eigenvalue weighted by molar-refractivity contribution is 0.240. The molecule has 1 aliphatic carbocycles. The van der Waals surface area contributed by atoms with Crippen LogP contribution in [0.5, 0.6) is 0 Å². The summed E-state index contributed by atoms with van der Waals surface area (Å²) in [4.78, 5) is 11.9. The Labute approximate surface area is 125 Å². The average molecular weight is 293 g/mol. The number of hydrogen-bond acceptors (Lipinski definition) is 2. The second-order valence-electron chi connectivity index (χ2n) is 5.61. The van der Waals surface area contributed by atoms with Crippen molar-refractivity contribution in [1.29, 1.82) is 0 Å². The molecule has 0 heterocycles. The first kappa shape index (κ1) is 15.8. The van der Waals surface area contributed by atoms with Crippen molar-refractivity contribution in [2.24, 2.45) is 0 Å². The number of halogens is 1. The zero-order chi connectivity index (χ0) is 15.1. The zero-order valence-corrected chi connectivity index (χ0v) is 12.5. The van der Waals surface area contributed by atoms with Crippen LogP contribution < -0.4 is 16.0 Å². The molecule has 21 heavy (non-hydrogen) atoms. The first-order chi connectivity index (χ1) is 10.2. The van der Waals surface area contributed by atoms with Crippen molar-refractivity contribution in [3.8, 4) is 0 Å². The number of benzene rings is 1. The van der Waals surface area contributed by atoms with E-state index in [0.717, 1.165) is 38.6 Å². The molecule has 1 aromatic carbocycles. The van der Waals surface area contributed by atoms with Crippen LogP contribution in [0.2, 0.25) is 0 Å². The van der Waals surface area contributed by atoms with Gasteiger partial charge in [0, 0.05) is 17.8 Å². The zero-order valence-electron chi connectivity index (χ0n) is 12.5. The van der Waals surface area contributed by atoms with Crippen LogP contribution in [0.3, 0.4) is 0 Å². The predicted octanol–water partition coefficient (Wildman–Crippen LogP) is 3.26. The summed E-state index contributed by atoms with van der Waals surface area (Å²) in [6, 6.07) is 6.45. The molecule has 0 aromatic heterocycles. The van der Waals surface area contributed by atoms with Crippen molar-refractivity contribution in [1.82, 2.24) is 10.6 Å². The van der Waals surface area contributed by atoms with Crippen molar-refractivity contribution in [2.75, 3.05) is 11.9 Å². The lowest BCUT2D eigenvalue weighted by Gasteiger charge is -2.29. The Morgan fingerprint density at radius 3 is 2.62 bits per heavy atom. The molecular formula is C16H24FN3O. The van der Waals surface area contributed by atoms with Crippen LogP contribution in [0.25, 0.3) is 0 Å². The van der Waals surface area contributed by atoms with Crippen LogP contribution in [0.1, 0.15) is 39.0 Å². The Bertz CT molecular complexity index is 459. The Morgan fingerprint density at radius 2 is 1.95 bits per heavy atom. The van der Waals surface area contributed by atoms with Crippen LogP contribution in [0.4, 0.5) is 14.9 Å². The largest absolute Gasteiger partial charge is 0.335 e. The van der Waals surface area contributed by atoms with Gasteiger partial charge in [0.05, 0.1) is 0 Å². The molecule has 1 aromatic rings. The molecule has 0 saturated heterocycles. The number of nitrogens with one attached hydrogen (secondary N) is 3. The lowest BCUT2D eigenvalue weighted by Crippen LogP contribution is -2.43. The van der Waals surface area contributed by atoms with Gasteiger partial charge in [0.1, 0.15) is 5.82 Å². The van der Waals surface area contributed by atoms with Crippen molar-refractivity contribution < 1.29 is 9.18 Å². The van der Waals surface area contributed by atoms with Crippen LogP contribution in [0.15, 0.2) is 24.3 Å². The summed E-state index contributed by atoms with van der Waals surface area (Å²) in [6.45, 7) is 3.22. The summed E-state index contributed by atoms with van der Waals surface area (Å²) in [5.41, 5.74) is 0.478. The molecule has 1 aliphatic rings. The minimum absolute atomic E-state index is 0.207. The van der Waals surface area contributed by atoms with Gasteiger partial charge in [-0.15, -0.1) is 0 Å². The van der Waals surface area contributed by atoms with Gasteiger partial charge < -0.3 is 16.0 Å². The third-order valence-corrected chi connectivity index (χ3v) is 3.83. The van der Waals surface area contributed by atoms with Gasteiger partial charge in [-0.05, 0) is 56.8 Å². The fourth-order valence-corrected chi connectivity index (χ4v) is 2.71. The number of carbonyl (C=O) groups is 1. The summed E-state index contributed by atoms with van der Waals surface area (Å²) in [6.07, 6.45) is 5.29. The van der Waals surface area contributed by atoms with Crippen molar-refractivity contribution >= 4 is 11.7 Å². The third kappa shape index (κ3) is 5.34. The predicted molar refractivity (Wildman–Crippen MR) is 82.9 cm³/mol. The molecule has 0 unspecified atom stereocenters. The fourth-order valence-electron chi connectivity index (χ4n) is 2.71. The Hall–Kier alpha value is -1.62.